The van der Waals surface area contributed by atoms with Gasteiger partial charge in [-0.25, -0.2) is 0 Å². The van der Waals surface area contributed by atoms with E-state index < -0.39 is 0 Å². The summed E-state index contributed by atoms with van der Waals surface area (Å²) in [5, 5.41) is 3.47. The van der Waals surface area contributed by atoms with E-state index in [1.807, 2.05) is 6.07 Å². The summed E-state index contributed by atoms with van der Waals surface area (Å²) in [6.45, 7) is 8.33. The third-order valence-corrected chi connectivity index (χ3v) is 3.39. The summed E-state index contributed by atoms with van der Waals surface area (Å²) in [6.07, 6.45) is 3.53. The Bertz CT molecular complexity index is 503. The maximum absolute atomic E-state index is 5.10. The van der Waals surface area contributed by atoms with Gasteiger partial charge in [-0.2, -0.15) is 0 Å². The molecule has 1 aromatic carbocycles. The molecule has 1 aromatic heterocycles. The zero-order valence-corrected chi connectivity index (χ0v) is 13.3. The topological polar surface area (TPSA) is 28.4 Å². The van der Waals surface area contributed by atoms with Crippen molar-refractivity contribution < 1.29 is 4.42 Å². The van der Waals surface area contributed by atoms with Crippen LogP contribution in [0.1, 0.15) is 30.5 Å². The van der Waals surface area contributed by atoms with Crippen LogP contribution in [-0.2, 0) is 19.6 Å². The van der Waals surface area contributed by atoms with Crippen molar-refractivity contribution in [2.24, 2.45) is 5.92 Å². The fraction of sp³-hybridized carbons (Fsp3) is 0.444. The van der Waals surface area contributed by atoms with Crippen LogP contribution in [0, 0.1) is 5.92 Å². The molecule has 0 radical (unpaired) electrons. The molecular formula is C18H26N2O. The second kappa shape index (κ2) is 8.01. The van der Waals surface area contributed by atoms with Gasteiger partial charge in [0.1, 0.15) is 0 Å². The molecule has 0 aliphatic heterocycles. The zero-order valence-electron chi connectivity index (χ0n) is 13.3. The molecular weight excluding hydrogens is 260 g/mol. The lowest BCUT2D eigenvalue weighted by Gasteiger charge is -2.16. The van der Waals surface area contributed by atoms with Gasteiger partial charge in [0.2, 0.25) is 0 Å². The van der Waals surface area contributed by atoms with Gasteiger partial charge in [0.25, 0.3) is 0 Å². The number of nitrogens with zero attached hydrogens (tertiary/aromatic N) is 1. The van der Waals surface area contributed by atoms with E-state index in [-0.39, 0.29) is 0 Å². The van der Waals surface area contributed by atoms with E-state index in [2.05, 4.69) is 55.4 Å². The summed E-state index contributed by atoms with van der Waals surface area (Å²) in [7, 11) is 2.13. The standard InChI is InChI=1S/C18H26N2O/c1-15(2)10-19-11-16-4-6-17(7-5-16)12-20(3)13-18-8-9-21-14-18/h4-9,14-15,19H,10-13H2,1-3H3. The maximum Gasteiger partial charge on any atom is 0.0947 e. The Morgan fingerprint density at radius 2 is 1.67 bits per heavy atom. The van der Waals surface area contributed by atoms with Gasteiger partial charge in [-0.05, 0) is 36.7 Å². The predicted octanol–water partition coefficient (Wildman–Crippen LogP) is 3.66. The molecule has 0 unspecified atom stereocenters. The highest BCUT2D eigenvalue weighted by atomic mass is 16.3. The van der Waals surface area contributed by atoms with E-state index >= 15 is 0 Å². The van der Waals surface area contributed by atoms with Gasteiger partial charge < -0.3 is 9.73 Å². The molecule has 0 amide bonds. The molecule has 0 saturated carbocycles. The van der Waals surface area contributed by atoms with Crippen LogP contribution in [0.5, 0.6) is 0 Å². The van der Waals surface area contributed by atoms with Crippen LogP contribution in [-0.4, -0.2) is 18.5 Å². The molecule has 2 rings (SSSR count). The third kappa shape index (κ3) is 5.74. The van der Waals surface area contributed by atoms with E-state index in [9.17, 15) is 0 Å². The molecule has 2 aromatic rings. The molecule has 1 N–H and O–H groups in total. The van der Waals surface area contributed by atoms with E-state index in [0.29, 0.717) is 5.92 Å². The van der Waals surface area contributed by atoms with Crippen molar-refractivity contribution in [2.75, 3.05) is 13.6 Å². The smallest absolute Gasteiger partial charge is 0.0947 e. The number of furan rings is 1. The SMILES string of the molecule is CC(C)CNCc1ccc(CN(C)Cc2ccoc2)cc1. The molecule has 1 heterocycles. The Balaban J connectivity index is 1.78. The summed E-state index contributed by atoms with van der Waals surface area (Å²) in [4.78, 5) is 2.29. The molecule has 3 nitrogen and oxygen atoms in total. The Hall–Kier alpha value is -1.58. The first kappa shape index (κ1) is 15.8. The summed E-state index contributed by atoms with van der Waals surface area (Å²) in [5.41, 5.74) is 3.90. The number of hydrogen-bond donors (Lipinski definition) is 1. The minimum Gasteiger partial charge on any atom is -0.472 e. The van der Waals surface area contributed by atoms with E-state index in [1.54, 1.807) is 12.5 Å². The van der Waals surface area contributed by atoms with E-state index in [0.717, 1.165) is 26.2 Å². The highest BCUT2D eigenvalue weighted by molar-refractivity contribution is 5.22. The summed E-state index contributed by atoms with van der Waals surface area (Å²) in [6, 6.07) is 10.9. The lowest BCUT2D eigenvalue weighted by molar-refractivity contribution is 0.318. The predicted molar refractivity (Wildman–Crippen MR) is 86.9 cm³/mol. The molecule has 0 aliphatic carbocycles. The van der Waals surface area contributed by atoms with Gasteiger partial charge in [0.15, 0.2) is 0 Å². The maximum atomic E-state index is 5.10. The van der Waals surface area contributed by atoms with Crippen molar-refractivity contribution in [3.63, 3.8) is 0 Å². The van der Waals surface area contributed by atoms with Gasteiger partial charge in [0.05, 0.1) is 12.5 Å². The van der Waals surface area contributed by atoms with Crippen LogP contribution >= 0.6 is 0 Å². The first-order valence-corrected chi connectivity index (χ1v) is 7.61. The average molecular weight is 286 g/mol. The molecule has 0 saturated heterocycles. The molecule has 21 heavy (non-hydrogen) atoms. The molecule has 0 bridgehead atoms. The van der Waals surface area contributed by atoms with Crippen LogP contribution in [0.2, 0.25) is 0 Å². The number of nitrogens with one attached hydrogen (secondary N) is 1. The molecule has 114 valence electrons. The Morgan fingerprint density at radius 3 is 2.29 bits per heavy atom. The van der Waals surface area contributed by atoms with Gasteiger partial charge in [-0.3, -0.25) is 4.90 Å². The second-order valence-corrected chi connectivity index (χ2v) is 6.15. The first-order valence-electron chi connectivity index (χ1n) is 7.61. The summed E-state index contributed by atoms with van der Waals surface area (Å²) in [5.74, 6) is 0.695. The van der Waals surface area contributed by atoms with Crippen LogP contribution in [0.3, 0.4) is 0 Å². The first-order chi connectivity index (χ1) is 10.1. The lowest BCUT2D eigenvalue weighted by Crippen LogP contribution is -2.19. The molecule has 0 aliphatic rings. The minimum atomic E-state index is 0.695. The van der Waals surface area contributed by atoms with Crippen molar-refractivity contribution in [1.82, 2.24) is 10.2 Å². The van der Waals surface area contributed by atoms with Crippen molar-refractivity contribution in [2.45, 2.75) is 33.5 Å². The van der Waals surface area contributed by atoms with Crippen LogP contribution in [0.25, 0.3) is 0 Å². The monoisotopic (exact) mass is 286 g/mol. The van der Waals surface area contributed by atoms with Crippen LogP contribution < -0.4 is 5.32 Å². The third-order valence-electron chi connectivity index (χ3n) is 3.39. The van der Waals surface area contributed by atoms with Crippen molar-refractivity contribution >= 4 is 0 Å². The van der Waals surface area contributed by atoms with Gasteiger partial charge in [0, 0.05) is 25.2 Å². The van der Waals surface area contributed by atoms with Crippen molar-refractivity contribution in [3.8, 4) is 0 Å². The molecule has 0 fully saturated rings. The fourth-order valence-electron chi connectivity index (χ4n) is 2.33. The highest BCUT2D eigenvalue weighted by Gasteiger charge is 2.03. The van der Waals surface area contributed by atoms with E-state index in [4.69, 9.17) is 4.42 Å². The van der Waals surface area contributed by atoms with E-state index in [1.165, 1.54) is 16.7 Å². The number of rotatable bonds is 8. The largest absolute Gasteiger partial charge is 0.472 e. The molecule has 3 heteroatoms. The molecule has 0 spiro atoms. The Labute approximate surface area is 128 Å². The zero-order chi connectivity index (χ0) is 15.1. The quantitative estimate of drug-likeness (QED) is 0.803. The lowest BCUT2D eigenvalue weighted by atomic mass is 10.1. The fourth-order valence-corrected chi connectivity index (χ4v) is 2.33. The Kier molecular flexibility index (Phi) is 6.03. The van der Waals surface area contributed by atoms with Crippen molar-refractivity contribution in [3.05, 3.63) is 59.5 Å². The number of benzene rings is 1. The van der Waals surface area contributed by atoms with Crippen molar-refractivity contribution in [1.29, 1.82) is 0 Å². The minimum absolute atomic E-state index is 0.695. The normalized spacial score (nSPS) is 11.5. The average Bonchev–Trinajstić information content (AvgIpc) is 2.93. The Morgan fingerprint density at radius 1 is 1.00 bits per heavy atom. The second-order valence-electron chi connectivity index (χ2n) is 6.15. The summed E-state index contributed by atoms with van der Waals surface area (Å²) >= 11 is 0. The van der Waals surface area contributed by atoms with Gasteiger partial charge >= 0.3 is 0 Å². The van der Waals surface area contributed by atoms with Crippen LogP contribution in [0.4, 0.5) is 0 Å². The van der Waals surface area contributed by atoms with Crippen LogP contribution in [0.15, 0.2) is 47.3 Å². The number of hydrogen-bond acceptors (Lipinski definition) is 3. The molecule has 0 atom stereocenters. The highest BCUT2D eigenvalue weighted by Crippen LogP contribution is 2.10. The summed E-state index contributed by atoms with van der Waals surface area (Å²) < 4.78 is 5.10. The van der Waals surface area contributed by atoms with Gasteiger partial charge in [-0.1, -0.05) is 38.1 Å². The van der Waals surface area contributed by atoms with Gasteiger partial charge in [-0.15, -0.1) is 0 Å².